The van der Waals surface area contributed by atoms with E-state index >= 15 is 0 Å². The first-order valence-corrected chi connectivity index (χ1v) is 8.43. The van der Waals surface area contributed by atoms with E-state index in [2.05, 4.69) is 53.1 Å². The second-order valence-corrected chi connectivity index (χ2v) is 7.30. The predicted octanol–water partition coefficient (Wildman–Crippen LogP) is 6.89. The molecular formula is C13H8Br3Cl2N. The molecule has 100 valence electrons. The van der Waals surface area contributed by atoms with Gasteiger partial charge in [0.1, 0.15) is 0 Å². The Labute approximate surface area is 147 Å². The maximum Gasteiger partial charge on any atom is 0.0632 e. The number of hydrogen-bond donors (Lipinski definition) is 1. The zero-order valence-electron chi connectivity index (χ0n) is 9.48. The van der Waals surface area contributed by atoms with E-state index in [9.17, 15) is 0 Å². The highest BCUT2D eigenvalue weighted by Gasteiger charge is 2.08. The minimum atomic E-state index is 0.595. The first-order valence-electron chi connectivity index (χ1n) is 5.29. The fourth-order valence-electron chi connectivity index (χ4n) is 1.57. The minimum Gasteiger partial charge on any atom is -0.379 e. The summed E-state index contributed by atoms with van der Waals surface area (Å²) >= 11 is 22.6. The Bertz CT molecular complexity index is 594. The van der Waals surface area contributed by atoms with Gasteiger partial charge in [0.25, 0.3) is 0 Å². The summed E-state index contributed by atoms with van der Waals surface area (Å²) in [5.74, 6) is 0. The lowest BCUT2D eigenvalue weighted by Gasteiger charge is -2.12. The molecule has 0 saturated heterocycles. The van der Waals surface area contributed by atoms with E-state index in [1.165, 1.54) is 0 Å². The van der Waals surface area contributed by atoms with Crippen LogP contribution in [0.2, 0.25) is 10.0 Å². The molecule has 0 radical (unpaired) electrons. The van der Waals surface area contributed by atoms with Crippen molar-refractivity contribution in [1.82, 2.24) is 0 Å². The van der Waals surface area contributed by atoms with Gasteiger partial charge in [0.15, 0.2) is 0 Å². The number of halogens is 5. The molecule has 0 saturated carbocycles. The molecule has 0 fully saturated rings. The molecule has 0 aliphatic rings. The van der Waals surface area contributed by atoms with Crippen molar-refractivity contribution in [2.45, 2.75) is 6.54 Å². The fourth-order valence-corrected chi connectivity index (χ4v) is 4.49. The molecule has 0 unspecified atom stereocenters. The van der Waals surface area contributed by atoms with Crippen molar-refractivity contribution >= 4 is 76.7 Å². The molecule has 2 rings (SSSR count). The summed E-state index contributed by atoms with van der Waals surface area (Å²) < 4.78 is 2.93. The van der Waals surface area contributed by atoms with Gasteiger partial charge in [-0.1, -0.05) is 39.1 Å². The van der Waals surface area contributed by atoms with Crippen molar-refractivity contribution < 1.29 is 0 Å². The van der Waals surface area contributed by atoms with Crippen molar-refractivity contribution in [3.8, 4) is 0 Å². The van der Waals surface area contributed by atoms with Crippen molar-refractivity contribution in [2.75, 3.05) is 5.32 Å². The van der Waals surface area contributed by atoms with Gasteiger partial charge in [0.05, 0.1) is 5.69 Å². The Morgan fingerprint density at radius 1 is 0.947 bits per heavy atom. The normalized spacial score (nSPS) is 10.6. The number of benzene rings is 2. The van der Waals surface area contributed by atoms with Crippen LogP contribution in [0.15, 0.2) is 43.7 Å². The van der Waals surface area contributed by atoms with Crippen LogP contribution in [0.5, 0.6) is 0 Å². The lowest BCUT2D eigenvalue weighted by Crippen LogP contribution is -2.01. The molecule has 19 heavy (non-hydrogen) atoms. The summed E-state index contributed by atoms with van der Waals surface area (Å²) in [6, 6.07) is 9.39. The van der Waals surface area contributed by atoms with Crippen LogP contribution in [0.4, 0.5) is 5.69 Å². The van der Waals surface area contributed by atoms with Crippen molar-refractivity contribution in [3.63, 3.8) is 0 Å². The van der Waals surface area contributed by atoms with Gasteiger partial charge in [-0.15, -0.1) is 0 Å². The summed E-state index contributed by atoms with van der Waals surface area (Å²) in [6.45, 7) is 0.595. The summed E-state index contributed by atoms with van der Waals surface area (Å²) in [6.07, 6.45) is 0. The molecule has 1 N–H and O–H groups in total. The topological polar surface area (TPSA) is 12.0 Å². The van der Waals surface area contributed by atoms with Gasteiger partial charge >= 0.3 is 0 Å². The third-order valence-corrected chi connectivity index (χ3v) is 4.78. The molecular weight excluding hydrogens is 481 g/mol. The first kappa shape index (κ1) is 15.6. The molecule has 2 aromatic rings. The Morgan fingerprint density at radius 2 is 1.58 bits per heavy atom. The highest BCUT2D eigenvalue weighted by molar-refractivity contribution is 9.11. The van der Waals surface area contributed by atoms with Crippen LogP contribution in [-0.2, 0) is 6.54 Å². The first-order chi connectivity index (χ1) is 8.97. The monoisotopic (exact) mass is 485 g/mol. The standard InChI is InChI=1S/C13H8Br3Cl2N/c14-8-4-10(15)13(11(16)5-8)19-6-7-3-9(17)1-2-12(7)18/h1-5,19H,6H2. The Kier molecular flexibility index (Phi) is 5.61. The van der Waals surface area contributed by atoms with Crippen LogP contribution in [0.1, 0.15) is 5.56 Å². The van der Waals surface area contributed by atoms with Crippen LogP contribution >= 0.6 is 71.0 Å². The highest BCUT2D eigenvalue weighted by atomic mass is 79.9. The molecule has 0 aliphatic heterocycles. The molecule has 0 spiro atoms. The van der Waals surface area contributed by atoms with Crippen LogP contribution in [0.3, 0.4) is 0 Å². The van der Waals surface area contributed by atoms with E-state index in [0.717, 1.165) is 24.7 Å². The van der Waals surface area contributed by atoms with Crippen LogP contribution in [-0.4, -0.2) is 0 Å². The molecule has 0 aliphatic carbocycles. The number of rotatable bonds is 3. The Balaban J connectivity index is 2.21. The smallest absolute Gasteiger partial charge is 0.0632 e. The number of hydrogen-bond acceptors (Lipinski definition) is 1. The molecule has 0 heterocycles. The molecule has 0 aromatic heterocycles. The molecule has 2 aromatic carbocycles. The quantitative estimate of drug-likeness (QED) is 0.496. The number of anilines is 1. The van der Waals surface area contributed by atoms with Crippen LogP contribution in [0.25, 0.3) is 0 Å². The second-order valence-electron chi connectivity index (χ2n) is 3.83. The van der Waals surface area contributed by atoms with Crippen LogP contribution in [0, 0.1) is 0 Å². The predicted molar refractivity (Wildman–Crippen MR) is 93.3 cm³/mol. The van der Waals surface area contributed by atoms with E-state index in [1.807, 2.05) is 18.2 Å². The van der Waals surface area contributed by atoms with Crippen LogP contribution < -0.4 is 5.32 Å². The van der Waals surface area contributed by atoms with Gasteiger partial charge in [0.2, 0.25) is 0 Å². The molecule has 0 atom stereocenters. The average molecular weight is 489 g/mol. The lowest BCUT2D eigenvalue weighted by molar-refractivity contribution is 1.14. The molecule has 6 heteroatoms. The van der Waals surface area contributed by atoms with Crippen molar-refractivity contribution in [3.05, 3.63) is 59.4 Å². The molecule has 1 nitrogen and oxygen atoms in total. The van der Waals surface area contributed by atoms with Crippen molar-refractivity contribution in [1.29, 1.82) is 0 Å². The maximum absolute atomic E-state index is 6.14. The average Bonchev–Trinajstić information content (AvgIpc) is 2.32. The molecule has 0 bridgehead atoms. The van der Waals surface area contributed by atoms with Gasteiger partial charge < -0.3 is 5.32 Å². The highest BCUT2D eigenvalue weighted by Crippen LogP contribution is 2.35. The van der Waals surface area contributed by atoms with E-state index < -0.39 is 0 Å². The SMILES string of the molecule is Clc1ccc(Cl)c(CNc2c(Br)cc(Br)cc2Br)c1. The summed E-state index contributed by atoms with van der Waals surface area (Å²) in [4.78, 5) is 0. The van der Waals surface area contributed by atoms with Gasteiger partial charge in [0, 0.05) is 30.0 Å². The summed E-state index contributed by atoms with van der Waals surface area (Å²) in [5, 5.41) is 4.71. The zero-order chi connectivity index (χ0) is 14.0. The van der Waals surface area contributed by atoms with E-state index in [4.69, 9.17) is 23.2 Å². The van der Waals surface area contributed by atoms with Gasteiger partial charge in [-0.2, -0.15) is 0 Å². The Morgan fingerprint density at radius 3 is 2.21 bits per heavy atom. The van der Waals surface area contributed by atoms with E-state index in [1.54, 1.807) is 12.1 Å². The van der Waals surface area contributed by atoms with Gasteiger partial charge in [-0.3, -0.25) is 0 Å². The lowest BCUT2D eigenvalue weighted by atomic mass is 10.2. The Hall–Kier alpha value is 0.260. The van der Waals surface area contributed by atoms with E-state index in [0.29, 0.717) is 16.6 Å². The zero-order valence-corrected chi connectivity index (χ0v) is 15.8. The third kappa shape index (κ3) is 4.11. The number of nitrogens with one attached hydrogen (secondary N) is 1. The summed E-state index contributed by atoms with van der Waals surface area (Å²) in [7, 11) is 0. The largest absolute Gasteiger partial charge is 0.379 e. The summed E-state index contributed by atoms with van der Waals surface area (Å²) in [5.41, 5.74) is 1.93. The van der Waals surface area contributed by atoms with Crippen molar-refractivity contribution in [2.24, 2.45) is 0 Å². The maximum atomic E-state index is 6.14. The molecule has 0 amide bonds. The minimum absolute atomic E-state index is 0.595. The second kappa shape index (κ2) is 6.81. The van der Waals surface area contributed by atoms with Gasteiger partial charge in [-0.05, 0) is 67.8 Å². The third-order valence-electron chi connectivity index (χ3n) is 2.47. The fraction of sp³-hybridized carbons (Fsp3) is 0.0769. The van der Waals surface area contributed by atoms with Gasteiger partial charge in [-0.25, -0.2) is 0 Å². The van der Waals surface area contributed by atoms with E-state index in [-0.39, 0.29) is 0 Å².